The Balaban J connectivity index is 2.93. The first-order chi connectivity index (χ1) is 9.10. The Morgan fingerprint density at radius 3 is 2.68 bits per heavy atom. The van der Waals surface area contributed by atoms with Gasteiger partial charge >= 0.3 is 5.97 Å². The van der Waals surface area contributed by atoms with Crippen molar-refractivity contribution in [2.45, 2.75) is 19.8 Å². The van der Waals surface area contributed by atoms with Crippen LogP contribution in [0.15, 0.2) is 18.2 Å². The standard InChI is InChI=1S/C14H14ClNO3/c1-2-19-14(18)7-12-5-10(6-13(17)8-15)3-4-11(12)9-16/h3-5H,2,6-8H2,1H3. The van der Waals surface area contributed by atoms with Crippen molar-refractivity contribution in [2.75, 3.05) is 12.5 Å². The third kappa shape index (κ3) is 4.72. The maximum atomic E-state index is 11.5. The minimum atomic E-state index is -0.389. The lowest BCUT2D eigenvalue weighted by molar-refractivity contribution is -0.142. The quantitative estimate of drug-likeness (QED) is 0.590. The summed E-state index contributed by atoms with van der Waals surface area (Å²) in [6.45, 7) is 2.02. The molecule has 0 aliphatic heterocycles. The molecular weight excluding hydrogens is 266 g/mol. The average molecular weight is 280 g/mol. The van der Waals surface area contributed by atoms with E-state index in [2.05, 4.69) is 0 Å². The summed E-state index contributed by atoms with van der Waals surface area (Å²) in [5.41, 5.74) is 1.72. The Bertz CT molecular complexity index is 520. The SMILES string of the molecule is CCOC(=O)Cc1cc(CC(=O)CCl)ccc1C#N. The average Bonchev–Trinajstić information content (AvgIpc) is 2.39. The van der Waals surface area contributed by atoms with Gasteiger partial charge in [0.1, 0.15) is 0 Å². The third-order valence-corrected chi connectivity index (χ3v) is 2.78. The number of halogens is 1. The van der Waals surface area contributed by atoms with Gasteiger partial charge in [0.05, 0.1) is 30.5 Å². The van der Waals surface area contributed by atoms with Crippen molar-refractivity contribution in [3.63, 3.8) is 0 Å². The number of ketones is 1. The van der Waals surface area contributed by atoms with Gasteiger partial charge in [0, 0.05) is 6.42 Å². The zero-order valence-corrected chi connectivity index (χ0v) is 11.4. The molecule has 0 saturated heterocycles. The molecule has 0 fully saturated rings. The molecule has 19 heavy (non-hydrogen) atoms. The lowest BCUT2D eigenvalue weighted by Gasteiger charge is -2.07. The van der Waals surface area contributed by atoms with E-state index in [4.69, 9.17) is 21.6 Å². The van der Waals surface area contributed by atoms with E-state index in [1.54, 1.807) is 25.1 Å². The molecule has 5 heteroatoms. The molecule has 0 aliphatic rings. The van der Waals surface area contributed by atoms with Crippen LogP contribution in [-0.4, -0.2) is 24.2 Å². The summed E-state index contributed by atoms with van der Waals surface area (Å²) in [5, 5.41) is 8.99. The number of benzene rings is 1. The molecule has 1 rings (SSSR count). The van der Waals surface area contributed by atoms with Crippen molar-refractivity contribution in [3.8, 4) is 6.07 Å². The Hall–Kier alpha value is -1.86. The van der Waals surface area contributed by atoms with Gasteiger partial charge < -0.3 is 4.74 Å². The summed E-state index contributed by atoms with van der Waals surface area (Å²) in [6, 6.07) is 6.99. The number of ether oxygens (including phenoxy) is 1. The van der Waals surface area contributed by atoms with Crippen LogP contribution in [0, 0.1) is 11.3 Å². The first-order valence-electron chi connectivity index (χ1n) is 5.85. The summed E-state index contributed by atoms with van der Waals surface area (Å²) in [4.78, 5) is 22.7. The number of hydrogen-bond donors (Lipinski definition) is 0. The molecule has 0 heterocycles. The van der Waals surface area contributed by atoms with Crippen LogP contribution in [0.25, 0.3) is 0 Å². The topological polar surface area (TPSA) is 67.2 Å². The van der Waals surface area contributed by atoms with Crippen molar-refractivity contribution in [2.24, 2.45) is 0 Å². The number of alkyl halides is 1. The maximum absolute atomic E-state index is 11.5. The molecule has 0 atom stereocenters. The number of carbonyl (C=O) groups is 2. The fourth-order valence-corrected chi connectivity index (χ4v) is 1.75. The van der Waals surface area contributed by atoms with Gasteiger partial charge in [0.15, 0.2) is 5.78 Å². The molecule has 0 unspecified atom stereocenters. The fourth-order valence-electron chi connectivity index (χ4n) is 1.65. The van der Waals surface area contributed by atoms with Crippen LogP contribution in [0.2, 0.25) is 0 Å². The summed E-state index contributed by atoms with van der Waals surface area (Å²) in [7, 11) is 0. The molecule has 0 radical (unpaired) electrons. The van der Waals surface area contributed by atoms with Crippen molar-refractivity contribution in [3.05, 3.63) is 34.9 Å². The van der Waals surface area contributed by atoms with Gasteiger partial charge in [-0.05, 0) is 24.1 Å². The molecule has 0 N–H and O–H groups in total. The van der Waals surface area contributed by atoms with Crippen molar-refractivity contribution < 1.29 is 14.3 Å². The smallest absolute Gasteiger partial charge is 0.310 e. The molecule has 0 spiro atoms. The Kier molecular flexibility index (Phi) is 6.04. The highest BCUT2D eigenvalue weighted by molar-refractivity contribution is 6.27. The van der Waals surface area contributed by atoms with Crippen LogP contribution < -0.4 is 0 Å². The molecule has 0 saturated carbocycles. The minimum Gasteiger partial charge on any atom is -0.466 e. The van der Waals surface area contributed by atoms with Crippen molar-refractivity contribution >= 4 is 23.4 Å². The van der Waals surface area contributed by atoms with Gasteiger partial charge in [0.25, 0.3) is 0 Å². The Labute approximate surface area is 116 Å². The zero-order valence-electron chi connectivity index (χ0n) is 10.6. The van der Waals surface area contributed by atoms with Gasteiger partial charge in [-0.1, -0.05) is 12.1 Å². The van der Waals surface area contributed by atoms with Crippen LogP contribution in [0.4, 0.5) is 0 Å². The van der Waals surface area contributed by atoms with E-state index in [0.29, 0.717) is 17.7 Å². The summed E-state index contributed by atoms with van der Waals surface area (Å²) >= 11 is 5.45. The minimum absolute atomic E-state index is 0.0274. The predicted octanol–water partition coefficient (Wildman–Crippen LogP) is 2.01. The lowest BCUT2D eigenvalue weighted by Crippen LogP contribution is -2.10. The van der Waals surface area contributed by atoms with Crippen LogP contribution in [0.3, 0.4) is 0 Å². The molecule has 1 aromatic carbocycles. The highest BCUT2D eigenvalue weighted by Gasteiger charge is 2.11. The molecule has 4 nitrogen and oxygen atoms in total. The number of rotatable bonds is 6. The first-order valence-corrected chi connectivity index (χ1v) is 6.39. The normalized spacial score (nSPS) is 9.74. The molecule has 0 bridgehead atoms. The van der Waals surface area contributed by atoms with E-state index in [0.717, 1.165) is 5.56 Å². The van der Waals surface area contributed by atoms with Crippen molar-refractivity contribution in [1.82, 2.24) is 0 Å². The molecule has 1 aromatic rings. The lowest BCUT2D eigenvalue weighted by atomic mass is 9.99. The van der Waals surface area contributed by atoms with E-state index < -0.39 is 0 Å². The Morgan fingerprint density at radius 2 is 2.11 bits per heavy atom. The summed E-state index contributed by atoms with van der Waals surface area (Å²) in [6.07, 6.45) is 0.227. The van der Waals surface area contributed by atoms with E-state index in [9.17, 15) is 9.59 Å². The van der Waals surface area contributed by atoms with Gasteiger partial charge in [0.2, 0.25) is 0 Å². The first kappa shape index (κ1) is 15.2. The van der Waals surface area contributed by atoms with Gasteiger partial charge in [-0.15, -0.1) is 11.6 Å². The van der Waals surface area contributed by atoms with Gasteiger partial charge in [-0.3, -0.25) is 9.59 Å². The summed E-state index contributed by atoms with van der Waals surface area (Å²) in [5.74, 6) is -0.541. The monoisotopic (exact) mass is 279 g/mol. The predicted molar refractivity (Wildman–Crippen MR) is 70.9 cm³/mol. The Morgan fingerprint density at radius 1 is 1.37 bits per heavy atom. The third-order valence-electron chi connectivity index (χ3n) is 2.48. The molecular formula is C14H14ClNO3. The van der Waals surface area contributed by atoms with Crippen LogP contribution in [0.5, 0.6) is 0 Å². The number of hydrogen-bond acceptors (Lipinski definition) is 4. The van der Waals surface area contributed by atoms with E-state index in [-0.39, 0.29) is 30.5 Å². The number of esters is 1. The van der Waals surface area contributed by atoms with E-state index in [1.807, 2.05) is 6.07 Å². The zero-order chi connectivity index (χ0) is 14.3. The van der Waals surface area contributed by atoms with Gasteiger partial charge in [-0.2, -0.15) is 5.26 Å². The second-order valence-electron chi connectivity index (χ2n) is 3.93. The number of carbonyl (C=O) groups excluding carboxylic acids is 2. The van der Waals surface area contributed by atoms with E-state index in [1.165, 1.54) is 0 Å². The number of nitriles is 1. The largest absolute Gasteiger partial charge is 0.466 e. The fraction of sp³-hybridized carbons (Fsp3) is 0.357. The van der Waals surface area contributed by atoms with E-state index >= 15 is 0 Å². The number of nitrogens with zero attached hydrogens (tertiary/aromatic N) is 1. The molecule has 100 valence electrons. The van der Waals surface area contributed by atoms with Crippen LogP contribution in [-0.2, 0) is 27.2 Å². The van der Waals surface area contributed by atoms with Gasteiger partial charge in [-0.25, -0.2) is 0 Å². The molecule has 0 aliphatic carbocycles. The van der Waals surface area contributed by atoms with Crippen LogP contribution in [0.1, 0.15) is 23.6 Å². The second kappa shape index (κ2) is 7.55. The van der Waals surface area contributed by atoms with Crippen molar-refractivity contribution in [1.29, 1.82) is 5.26 Å². The maximum Gasteiger partial charge on any atom is 0.310 e. The van der Waals surface area contributed by atoms with Crippen LogP contribution >= 0.6 is 11.6 Å². The molecule has 0 aromatic heterocycles. The summed E-state index contributed by atoms with van der Waals surface area (Å²) < 4.78 is 4.85. The highest BCUT2D eigenvalue weighted by Crippen LogP contribution is 2.14. The molecule has 0 amide bonds. The second-order valence-corrected chi connectivity index (χ2v) is 4.20. The number of Topliss-reactive ketones (excluding diaryl/α,β-unsaturated/α-hetero) is 1. The highest BCUT2D eigenvalue weighted by atomic mass is 35.5.